The molecule has 1 aromatic carbocycles. The summed E-state index contributed by atoms with van der Waals surface area (Å²) in [6.45, 7) is 2.71. The molecule has 2 atom stereocenters. The van der Waals surface area contributed by atoms with Crippen LogP contribution in [0, 0.1) is 11.7 Å². The van der Waals surface area contributed by atoms with Crippen molar-refractivity contribution in [3.63, 3.8) is 0 Å². The number of aromatic nitrogens is 1. The van der Waals surface area contributed by atoms with Crippen molar-refractivity contribution in [1.29, 1.82) is 0 Å². The van der Waals surface area contributed by atoms with E-state index < -0.39 is 0 Å². The Morgan fingerprint density at radius 1 is 1.21 bits per heavy atom. The topological polar surface area (TPSA) is 66.9 Å². The number of anilines is 1. The number of nitrogens with one attached hydrogen (secondary N) is 1. The second-order valence-electron chi connectivity index (χ2n) is 7.40. The van der Waals surface area contributed by atoms with Crippen molar-refractivity contribution in [3.05, 3.63) is 47.9 Å². The third kappa shape index (κ3) is 3.92. The molecule has 8 heteroatoms. The summed E-state index contributed by atoms with van der Waals surface area (Å²) in [4.78, 5) is 21.0. The molecule has 0 bridgehead atoms. The molecular weight excluding hydrogens is 375 g/mol. The molecule has 1 N–H and O–H groups in total. The van der Waals surface area contributed by atoms with Crippen molar-refractivity contribution < 1.29 is 18.7 Å². The van der Waals surface area contributed by atoms with E-state index in [0.29, 0.717) is 30.5 Å². The highest BCUT2D eigenvalue weighted by molar-refractivity contribution is 5.75. The summed E-state index contributed by atoms with van der Waals surface area (Å²) in [6.07, 6.45) is 2.20. The smallest absolute Gasteiger partial charge is 0.317 e. The van der Waals surface area contributed by atoms with Crippen molar-refractivity contribution in [2.45, 2.75) is 19.0 Å². The molecule has 0 spiro atoms. The number of hydrogen-bond donors (Lipinski definition) is 1. The van der Waals surface area contributed by atoms with Crippen LogP contribution in [0.25, 0.3) is 0 Å². The van der Waals surface area contributed by atoms with Gasteiger partial charge in [-0.05, 0) is 36.2 Å². The summed E-state index contributed by atoms with van der Waals surface area (Å²) in [5.41, 5.74) is 0.940. The Kier molecular flexibility index (Phi) is 5.42. The molecule has 2 aliphatic heterocycles. The number of nitrogens with zero attached hydrogens (tertiary/aromatic N) is 3. The summed E-state index contributed by atoms with van der Waals surface area (Å²) in [6, 6.07) is 8.79. The van der Waals surface area contributed by atoms with Gasteiger partial charge in [0.05, 0.1) is 26.5 Å². The van der Waals surface area contributed by atoms with E-state index in [2.05, 4.69) is 15.2 Å². The molecule has 2 fully saturated rings. The second-order valence-corrected chi connectivity index (χ2v) is 7.40. The van der Waals surface area contributed by atoms with Gasteiger partial charge in [-0.3, -0.25) is 0 Å². The first-order valence-electron chi connectivity index (χ1n) is 9.71. The van der Waals surface area contributed by atoms with Crippen molar-refractivity contribution in [2.75, 3.05) is 38.8 Å². The van der Waals surface area contributed by atoms with Crippen LogP contribution in [-0.2, 0) is 6.54 Å². The van der Waals surface area contributed by atoms with Crippen LogP contribution in [0.2, 0.25) is 0 Å². The number of halogens is 1. The maximum atomic E-state index is 13.1. The summed E-state index contributed by atoms with van der Waals surface area (Å²) < 4.78 is 23.7. The number of urea groups is 1. The average Bonchev–Trinajstić information content (AvgIpc) is 3.33. The highest BCUT2D eigenvalue weighted by Gasteiger charge is 2.43. The molecule has 2 amide bonds. The number of hydrogen-bond acceptors (Lipinski definition) is 5. The zero-order chi connectivity index (χ0) is 20.4. The van der Waals surface area contributed by atoms with Crippen LogP contribution in [0.4, 0.5) is 15.0 Å². The molecule has 7 nitrogen and oxygen atoms in total. The number of likely N-dealkylation sites (tertiary alicyclic amines) is 1. The minimum Gasteiger partial charge on any atom is -0.493 e. The van der Waals surface area contributed by atoms with Gasteiger partial charge in [-0.25, -0.2) is 14.2 Å². The third-order valence-electron chi connectivity index (χ3n) is 5.74. The van der Waals surface area contributed by atoms with Crippen molar-refractivity contribution >= 4 is 11.8 Å². The number of methoxy groups -OCH3 is 2. The van der Waals surface area contributed by atoms with Gasteiger partial charge in [-0.15, -0.1) is 0 Å². The zero-order valence-electron chi connectivity index (χ0n) is 16.6. The van der Waals surface area contributed by atoms with Crippen LogP contribution >= 0.6 is 0 Å². The molecule has 2 aromatic rings. The van der Waals surface area contributed by atoms with E-state index in [0.717, 1.165) is 30.9 Å². The lowest BCUT2D eigenvalue weighted by atomic mass is 10.1. The van der Waals surface area contributed by atoms with Gasteiger partial charge in [0.1, 0.15) is 11.6 Å². The van der Waals surface area contributed by atoms with Crippen LogP contribution in [0.1, 0.15) is 12.0 Å². The van der Waals surface area contributed by atoms with Gasteiger partial charge in [-0.2, -0.15) is 0 Å². The van der Waals surface area contributed by atoms with Gasteiger partial charge < -0.3 is 24.6 Å². The van der Waals surface area contributed by atoms with Crippen molar-refractivity contribution in [1.82, 2.24) is 15.2 Å². The predicted molar refractivity (Wildman–Crippen MR) is 107 cm³/mol. The van der Waals surface area contributed by atoms with E-state index in [-0.39, 0.29) is 17.9 Å². The van der Waals surface area contributed by atoms with Gasteiger partial charge in [0.15, 0.2) is 11.5 Å². The van der Waals surface area contributed by atoms with Crippen LogP contribution in [0.3, 0.4) is 0 Å². The molecule has 0 radical (unpaired) electrons. The Bertz CT molecular complexity index is 877. The summed E-state index contributed by atoms with van der Waals surface area (Å²) in [5, 5.41) is 3.01. The third-order valence-corrected chi connectivity index (χ3v) is 5.74. The van der Waals surface area contributed by atoms with Crippen LogP contribution in [0.15, 0.2) is 36.5 Å². The van der Waals surface area contributed by atoms with Gasteiger partial charge in [-0.1, -0.05) is 6.07 Å². The number of carbonyl (C=O) groups excluding carboxylic acids is 1. The lowest BCUT2D eigenvalue weighted by molar-refractivity contribution is 0.192. The maximum absolute atomic E-state index is 13.1. The fourth-order valence-corrected chi connectivity index (χ4v) is 4.23. The Balaban J connectivity index is 1.37. The summed E-state index contributed by atoms with van der Waals surface area (Å²) >= 11 is 0. The fraction of sp³-hybridized carbons (Fsp3) is 0.429. The minimum atomic E-state index is -0.343. The first kappa shape index (κ1) is 19.3. The monoisotopic (exact) mass is 400 g/mol. The normalized spacial score (nSPS) is 20.5. The fourth-order valence-electron chi connectivity index (χ4n) is 4.23. The molecule has 1 aromatic heterocycles. The molecule has 154 valence electrons. The SMILES string of the molecule is COc1ccc(CNC(=O)N2CCC3CN(c4ccc(F)cn4)CC32)cc1OC. The van der Waals surface area contributed by atoms with E-state index >= 15 is 0 Å². The molecule has 2 saturated heterocycles. The number of pyridine rings is 1. The van der Waals surface area contributed by atoms with E-state index in [1.165, 1.54) is 12.3 Å². The highest BCUT2D eigenvalue weighted by Crippen LogP contribution is 2.33. The number of rotatable bonds is 5. The van der Waals surface area contributed by atoms with Gasteiger partial charge in [0, 0.05) is 32.1 Å². The quantitative estimate of drug-likeness (QED) is 0.836. The Morgan fingerprint density at radius 3 is 2.76 bits per heavy atom. The molecule has 2 aliphatic rings. The molecule has 4 rings (SSSR count). The van der Waals surface area contributed by atoms with E-state index in [4.69, 9.17) is 9.47 Å². The van der Waals surface area contributed by atoms with Crippen molar-refractivity contribution in [2.24, 2.45) is 5.92 Å². The predicted octanol–water partition coefficient (Wildman–Crippen LogP) is 2.66. The van der Waals surface area contributed by atoms with E-state index in [1.807, 2.05) is 23.1 Å². The Labute approximate surface area is 169 Å². The number of amides is 2. The van der Waals surface area contributed by atoms with Crippen LogP contribution in [-0.4, -0.2) is 55.8 Å². The second kappa shape index (κ2) is 8.14. The van der Waals surface area contributed by atoms with E-state index in [1.54, 1.807) is 20.3 Å². The molecule has 3 heterocycles. The Morgan fingerprint density at radius 2 is 2.03 bits per heavy atom. The average molecular weight is 400 g/mol. The molecule has 0 aliphatic carbocycles. The summed E-state index contributed by atoms with van der Waals surface area (Å²) in [5.74, 6) is 2.12. The number of fused-ring (bicyclic) bond motifs is 1. The zero-order valence-corrected chi connectivity index (χ0v) is 16.6. The number of benzene rings is 1. The van der Waals surface area contributed by atoms with Crippen molar-refractivity contribution in [3.8, 4) is 11.5 Å². The largest absolute Gasteiger partial charge is 0.493 e. The Hall–Kier alpha value is -3.03. The maximum Gasteiger partial charge on any atom is 0.317 e. The van der Waals surface area contributed by atoms with Gasteiger partial charge >= 0.3 is 6.03 Å². The van der Waals surface area contributed by atoms with E-state index in [9.17, 15) is 9.18 Å². The number of ether oxygens (including phenoxy) is 2. The van der Waals surface area contributed by atoms with Gasteiger partial charge in [0.25, 0.3) is 0 Å². The van der Waals surface area contributed by atoms with Crippen LogP contribution in [0.5, 0.6) is 11.5 Å². The molecular formula is C21H25FN4O3. The lowest BCUT2D eigenvalue weighted by Gasteiger charge is -2.25. The summed E-state index contributed by atoms with van der Waals surface area (Å²) in [7, 11) is 3.18. The standard InChI is InChI=1S/C21H25FN4O3/c1-28-18-5-3-14(9-19(18)29-2)10-24-21(27)26-8-7-15-12-25(13-17(15)26)20-6-4-16(22)11-23-20/h3-6,9,11,15,17H,7-8,10,12-13H2,1-2H3,(H,24,27). The molecule has 29 heavy (non-hydrogen) atoms. The first-order valence-corrected chi connectivity index (χ1v) is 9.71. The minimum absolute atomic E-state index is 0.0683. The number of carbonyl (C=O) groups is 1. The van der Waals surface area contributed by atoms with Crippen LogP contribution < -0.4 is 19.7 Å². The first-order chi connectivity index (χ1) is 14.1. The highest BCUT2D eigenvalue weighted by atomic mass is 19.1. The van der Waals surface area contributed by atoms with Gasteiger partial charge in [0.2, 0.25) is 0 Å². The molecule has 2 unspecified atom stereocenters. The molecule has 0 saturated carbocycles. The lowest BCUT2D eigenvalue weighted by Crippen LogP contribution is -2.45.